The van der Waals surface area contributed by atoms with Crippen molar-refractivity contribution in [3.8, 4) is 22.5 Å². The van der Waals surface area contributed by atoms with Crippen LogP contribution < -0.4 is 20.9 Å². The Labute approximate surface area is 368 Å². The van der Waals surface area contributed by atoms with Crippen LogP contribution in [-0.2, 0) is 16.9 Å². The number of carbonyl (C=O) groups is 4. The van der Waals surface area contributed by atoms with E-state index in [1.165, 1.54) is 66.4 Å². The van der Waals surface area contributed by atoms with Gasteiger partial charge in [0.05, 0.1) is 22.4 Å². The Morgan fingerprint density at radius 1 is 0.906 bits per heavy atom. The number of benzene rings is 4. The molecule has 0 bridgehead atoms. The highest BCUT2D eigenvalue weighted by atomic mass is 19.1. The Morgan fingerprint density at radius 3 is 2.38 bits per heavy atom. The third-order valence-electron chi connectivity index (χ3n) is 11.4. The average molecular weight is 875 g/mol. The van der Waals surface area contributed by atoms with Crippen LogP contribution in [0.5, 0.6) is 0 Å². The molecule has 0 saturated carbocycles. The first-order valence-electron chi connectivity index (χ1n) is 20.9. The van der Waals surface area contributed by atoms with E-state index >= 15 is 4.39 Å². The fourth-order valence-electron chi connectivity index (χ4n) is 7.66. The monoisotopic (exact) mass is 874 g/mol. The smallest absolute Gasteiger partial charge is 0.328 e. The maximum absolute atomic E-state index is 15.1. The molecule has 5 N–H and O–H groups in total. The predicted octanol–water partition coefficient (Wildman–Crippen LogP) is 8.28. The quantitative estimate of drug-likeness (QED) is 0.0642. The minimum atomic E-state index is -1.30. The molecule has 0 atom stereocenters. The summed E-state index contributed by atoms with van der Waals surface area (Å²) >= 11 is 0. The number of unbranched alkanes of at least 4 members (excludes halogenated alkanes) is 2. The number of carbonyl (C=O) groups excluding carboxylic acids is 4. The van der Waals surface area contributed by atoms with Crippen LogP contribution in [-0.4, -0.2) is 75.4 Å². The van der Waals surface area contributed by atoms with Crippen molar-refractivity contribution >= 4 is 46.2 Å². The number of hydrogen-bond donors (Lipinski definition) is 5. The number of imide groups is 1. The van der Waals surface area contributed by atoms with Gasteiger partial charge in [-0.2, -0.15) is 0 Å². The van der Waals surface area contributed by atoms with E-state index in [1.807, 2.05) is 30.3 Å². The number of nitrogens with zero attached hydrogens (tertiary/aromatic N) is 4. The molecule has 4 aromatic carbocycles. The van der Waals surface area contributed by atoms with E-state index < -0.39 is 40.9 Å². The summed E-state index contributed by atoms with van der Waals surface area (Å²) in [5.74, 6) is -3.75. The summed E-state index contributed by atoms with van der Waals surface area (Å²) in [4.78, 5) is 65.4. The summed E-state index contributed by atoms with van der Waals surface area (Å²) in [6.07, 6.45) is 3.90. The van der Waals surface area contributed by atoms with Gasteiger partial charge in [-0.3, -0.25) is 24.6 Å². The van der Waals surface area contributed by atoms with Crippen LogP contribution in [0.4, 0.5) is 29.3 Å². The van der Waals surface area contributed by atoms with Crippen molar-refractivity contribution in [1.29, 1.82) is 0 Å². The molecule has 16 heteroatoms. The van der Waals surface area contributed by atoms with Gasteiger partial charge in [0.1, 0.15) is 29.4 Å². The fraction of sp³-hybridized carbons (Fsp3) is 0.292. The van der Waals surface area contributed by atoms with Gasteiger partial charge >= 0.3 is 6.03 Å². The number of H-pyrrole nitrogens is 1. The number of aromatic amines is 1. The number of hydrogen-bond acceptors (Lipinski definition) is 8. The lowest BCUT2D eigenvalue weighted by atomic mass is 9.96. The van der Waals surface area contributed by atoms with Crippen LogP contribution in [0.1, 0.15) is 82.5 Å². The highest BCUT2D eigenvalue weighted by molar-refractivity contribution is 6.07. The van der Waals surface area contributed by atoms with Crippen LogP contribution in [0.25, 0.3) is 33.5 Å². The number of aliphatic hydroxyl groups is 1. The lowest BCUT2D eigenvalue weighted by Gasteiger charge is -2.28. The van der Waals surface area contributed by atoms with Crippen molar-refractivity contribution in [2.45, 2.75) is 65.5 Å². The second-order valence-corrected chi connectivity index (χ2v) is 16.5. The van der Waals surface area contributed by atoms with E-state index in [-0.39, 0.29) is 35.7 Å². The third kappa shape index (κ3) is 9.98. The molecule has 0 unspecified atom stereocenters. The zero-order chi connectivity index (χ0) is 45.9. The molecule has 6 aromatic rings. The minimum Gasteiger partial charge on any atom is -0.386 e. The van der Waals surface area contributed by atoms with E-state index in [4.69, 9.17) is 0 Å². The highest BCUT2D eigenvalue weighted by Crippen LogP contribution is 2.35. The zero-order valence-corrected chi connectivity index (χ0v) is 36.2. The van der Waals surface area contributed by atoms with Crippen LogP contribution in [0.3, 0.4) is 0 Å². The maximum Gasteiger partial charge on any atom is 0.328 e. The molecule has 2 aromatic heterocycles. The predicted molar refractivity (Wildman–Crippen MR) is 238 cm³/mol. The summed E-state index contributed by atoms with van der Waals surface area (Å²) in [5.41, 5.74) is 4.28. The third-order valence-corrected chi connectivity index (χ3v) is 11.4. The summed E-state index contributed by atoms with van der Waals surface area (Å²) in [6, 6.07) is 18.3. The van der Waals surface area contributed by atoms with Crippen LogP contribution in [0, 0.1) is 31.3 Å². The second kappa shape index (κ2) is 18.8. The largest absolute Gasteiger partial charge is 0.386 e. The molecule has 0 radical (unpaired) electrons. The van der Waals surface area contributed by atoms with Gasteiger partial charge in [-0.25, -0.2) is 27.9 Å². The van der Waals surface area contributed by atoms with E-state index in [0.29, 0.717) is 64.2 Å². The van der Waals surface area contributed by atoms with Crippen molar-refractivity contribution in [1.82, 2.24) is 30.5 Å². The molecule has 3 heterocycles. The van der Waals surface area contributed by atoms with Crippen molar-refractivity contribution in [3.63, 3.8) is 0 Å². The number of amides is 5. The van der Waals surface area contributed by atoms with E-state index in [0.717, 1.165) is 42.3 Å². The lowest BCUT2D eigenvalue weighted by molar-refractivity contribution is -0.120. The molecule has 1 saturated heterocycles. The molecule has 1 aliphatic heterocycles. The molecule has 7 rings (SSSR count). The Morgan fingerprint density at radius 2 is 1.66 bits per heavy atom. The Bertz CT molecular complexity index is 2770. The summed E-state index contributed by atoms with van der Waals surface area (Å²) in [6.45, 7) is 8.34. The molecule has 1 fully saturated rings. The van der Waals surface area contributed by atoms with Gasteiger partial charge in [0.15, 0.2) is 0 Å². The Balaban J connectivity index is 0.917. The molecule has 13 nitrogen and oxygen atoms in total. The summed E-state index contributed by atoms with van der Waals surface area (Å²) in [5, 5.41) is 19.2. The molecule has 0 aliphatic carbocycles. The number of urea groups is 1. The van der Waals surface area contributed by atoms with Crippen LogP contribution >= 0.6 is 0 Å². The first-order valence-corrected chi connectivity index (χ1v) is 20.9. The number of aromatic nitrogens is 3. The van der Waals surface area contributed by atoms with Crippen LogP contribution in [0.2, 0.25) is 0 Å². The number of rotatable bonds is 15. The van der Waals surface area contributed by atoms with Crippen molar-refractivity contribution < 1.29 is 37.5 Å². The van der Waals surface area contributed by atoms with Gasteiger partial charge in [-0.1, -0.05) is 36.8 Å². The number of halogens is 3. The minimum absolute atomic E-state index is 0.115. The molecule has 332 valence electrons. The van der Waals surface area contributed by atoms with E-state index in [1.54, 1.807) is 20.9 Å². The van der Waals surface area contributed by atoms with Crippen molar-refractivity contribution in [2.24, 2.45) is 0 Å². The fourth-order valence-corrected chi connectivity index (χ4v) is 7.66. The SMILES string of the molecule is Cc1cc(F)c(C(=O)N(C)CCCCCNCc2ccc(-c3cc4c(-c5cc(F)cc(NC(=O)c6ccc(C(C)(C)O)cc6F)c5C)ncnc4[nH]3)cc2)cc1N1CCC(=O)NC1=O. The number of fused-ring (bicyclic) bond motifs is 1. The van der Waals surface area contributed by atoms with Gasteiger partial charge in [-0.05, 0) is 117 Å². The second-order valence-electron chi connectivity index (χ2n) is 16.5. The summed E-state index contributed by atoms with van der Waals surface area (Å²) in [7, 11) is 1.62. The molecular weight excluding hydrogens is 826 g/mol. The highest BCUT2D eigenvalue weighted by Gasteiger charge is 2.28. The lowest BCUT2D eigenvalue weighted by Crippen LogP contribution is -2.49. The molecule has 5 amide bonds. The van der Waals surface area contributed by atoms with Crippen molar-refractivity contribution in [2.75, 3.05) is 36.9 Å². The van der Waals surface area contributed by atoms with Gasteiger partial charge in [0.2, 0.25) is 5.91 Å². The number of anilines is 2. The van der Waals surface area contributed by atoms with Crippen LogP contribution in [0.15, 0.2) is 79.1 Å². The van der Waals surface area contributed by atoms with Gasteiger partial charge in [-0.15, -0.1) is 0 Å². The standard InChI is InChI=1S/C48H49F3N8O5/c1-27-19-37(50)35(24-41(27)59-18-15-42(60)57-47(59)63)46(62)58(5)17-8-6-7-16-52-25-29-9-11-30(12-10-29)40-23-36-43(53-26-54-44(36)55-40)34-21-32(49)22-39(28(34)2)56-45(61)33-14-13-31(20-38(33)51)48(3,4)64/h9-14,19-24,26,52,64H,6-8,15-18,25H2,1-5H3,(H,56,61)(H,53,54,55)(H,57,60,63). The van der Waals surface area contributed by atoms with Gasteiger partial charge in [0, 0.05) is 61.1 Å². The molecular formula is C48H49F3N8O5. The maximum atomic E-state index is 15.1. The van der Waals surface area contributed by atoms with E-state index in [9.17, 15) is 33.1 Å². The Kier molecular flexibility index (Phi) is 13.3. The first-order chi connectivity index (χ1) is 30.5. The molecule has 0 spiro atoms. The summed E-state index contributed by atoms with van der Waals surface area (Å²) < 4.78 is 45.0. The average Bonchev–Trinajstić information content (AvgIpc) is 3.69. The number of nitrogens with one attached hydrogen (secondary N) is 4. The normalized spacial score (nSPS) is 13.0. The van der Waals surface area contributed by atoms with E-state index in [2.05, 4.69) is 30.9 Å². The molecule has 1 aliphatic rings. The first kappa shape index (κ1) is 45.1. The van der Waals surface area contributed by atoms with Gasteiger partial charge < -0.3 is 25.6 Å². The zero-order valence-electron chi connectivity index (χ0n) is 36.2. The molecule has 64 heavy (non-hydrogen) atoms. The topological polar surface area (TPSA) is 173 Å². The number of aryl methyl sites for hydroxylation is 1. The van der Waals surface area contributed by atoms with Gasteiger partial charge in [0.25, 0.3) is 11.8 Å². The van der Waals surface area contributed by atoms with Crippen molar-refractivity contribution in [3.05, 3.63) is 130 Å². The Hall–Kier alpha value is -6.91.